The topological polar surface area (TPSA) is 66.8 Å². The number of ether oxygens (including phenoxy) is 1. The molecule has 0 bridgehead atoms. The summed E-state index contributed by atoms with van der Waals surface area (Å²) in [4.78, 5) is 11.7. The molecule has 1 aliphatic rings. The van der Waals surface area contributed by atoms with E-state index in [-0.39, 0.29) is 0 Å². The third-order valence-corrected chi connectivity index (χ3v) is 4.54. The number of thioether (sulfide) groups is 1. The number of rotatable bonds is 4. The van der Waals surface area contributed by atoms with Crippen LogP contribution in [-0.4, -0.2) is 34.6 Å². The van der Waals surface area contributed by atoms with Crippen LogP contribution in [0, 0.1) is 0 Å². The van der Waals surface area contributed by atoms with Crippen LogP contribution in [0.15, 0.2) is 27.6 Å². The first-order chi connectivity index (χ1) is 8.08. The smallest absolute Gasteiger partial charge is 0.337 e. The molecular formula is C11H11BrO4S. The second-order valence-corrected chi connectivity index (χ2v) is 5.90. The maximum atomic E-state index is 10.6. The predicted octanol–water partition coefficient (Wildman–Crippen LogP) is 2.06. The minimum atomic E-state index is -1.47. The van der Waals surface area contributed by atoms with Gasteiger partial charge in [0.1, 0.15) is 0 Å². The van der Waals surface area contributed by atoms with Crippen LogP contribution in [0.25, 0.3) is 0 Å². The van der Waals surface area contributed by atoms with Crippen molar-refractivity contribution in [2.75, 3.05) is 13.2 Å². The van der Waals surface area contributed by atoms with Crippen LogP contribution in [0.3, 0.4) is 0 Å². The van der Waals surface area contributed by atoms with Crippen LogP contribution in [0.4, 0.5) is 0 Å². The van der Waals surface area contributed by atoms with Gasteiger partial charge in [-0.2, -0.15) is 0 Å². The van der Waals surface area contributed by atoms with Gasteiger partial charge in [-0.05, 0) is 33.6 Å². The molecule has 1 aliphatic heterocycles. The van der Waals surface area contributed by atoms with Crippen molar-refractivity contribution >= 4 is 33.7 Å². The van der Waals surface area contributed by atoms with Crippen LogP contribution in [0.5, 0.6) is 0 Å². The highest BCUT2D eigenvalue weighted by Crippen LogP contribution is 2.35. The van der Waals surface area contributed by atoms with Crippen molar-refractivity contribution in [3.05, 3.63) is 28.2 Å². The average Bonchev–Trinajstić information content (AvgIpc) is 2.23. The Morgan fingerprint density at radius 1 is 1.53 bits per heavy atom. The number of halogens is 1. The van der Waals surface area contributed by atoms with E-state index in [0.29, 0.717) is 10.8 Å². The SMILES string of the molecule is O=C(O)C(O)c1ccc(SC2COC2)c(Br)c1. The Morgan fingerprint density at radius 3 is 2.71 bits per heavy atom. The number of carboxylic acid groups (broad SMARTS) is 1. The first kappa shape index (κ1) is 12.9. The zero-order chi connectivity index (χ0) is 12.4. The lowest BCUT2D eigenvalue weighted by Crippen LogP contribution is -2.30. The van der Waals surface area contributed by atoms with Gasteiger partial charge in [0.05, 0.1) is 18.5 Å². The Labute approximate surface area is 111 Å². The number of aliphatic carboxylic acids is 1. The number of aliphatic hydroxyl groups excluding tert-OH is 1. The van der Waals surface area contributed by atoms with Crippen LogP contribution in [0.1, 0.15) is 11.7 Å². The summed E-state index contributed by atoms with van der Waals surface area (Å²) >= 11 is 5.07. The highest BCUT2D eigenvalue weighted by atomic mass is 79.9. The molecule has 1 atom stereocenters. The Morgan fingerprint density at radius 2 is 2.24 bits per heavy atom. The minimum absolute atomic E-state index is 0.374. The molecule has 0 saturated carbocycles. The van der Waals surface area contributed by atoms with Gasteiger partial charge in [-0.25, -0.2) is 4.79 Å². The van der Waals surface area contributed by atoms with E-state index in [2.05, 4.69) is 15.9 Å². The second kappa shape index (κ2) is 5.39. The molecule has 6 heteroatoms. The molecule has 1 fully saturated rings. The normalized spacial score (nSPS) is 17.5. The van der Waals surface area contributed by atoms with Crippen molar-refractivity contribution in [1.29, 1.82) is 0 Å². The van der Waals surface area contributed by atoms with Gasteiger partial charge in [-0.15, -0.1) is 11.8 Å². The second-order valence-electron chi connectivity index (χ2n) is 3.71. The fraction of sp³-hybridized carbons (Fsp3) is 0.364. The van der Waals surface area contributed by atoms with E-state index in [1.54, 1.807) is 23.9 Å². The summed E-state index contributed by atoms with van der Waals surface area (Å²) in [6.07, 6.45) is -1.47. The summed E-state index contributed by atoms with van der Waals surface area (Å²) < 4.78 is 5.88. The monoisotopic (exact) mass is 318 g/mol. The Kier molecular flexibility index (Phi) is 4.09. The Bertz CT molecular complexity index is 433. The number of hydrogen-bond acceptors (Lipinski definition) is 4. The predicted molar refractivity (Wildman–Crippen MR) is 67.2 cm³/mol. The summed E-state index contributed by atoms with van der Waals surface area (Å²) in [7, 11) is 0. The van der Waals surface area contributed by atoms with E-state index in [1.807, 2.05) is 6.07 Å². The summed E-state index contributed by atoms with van der Waals surface area (Å²) in [5.41, 5.74) is 0.374. The van der Waals surface area contributed by atoms with Gasteiger partial charge in [-0.1, -0.05) is 6.07 Å². The van der Waals surface area contributed by atoms with Gasteiger partial charge in [0.2, 0.25) is 0 Å². The maximum Gasteiger partial charge on any atom is 0.337 e. The zero-order valence-corrected chi connectivity index (χ0v) is 11.2. The van der Waals surface area contributed by atoms with E-state index < -0.39 is 12.1 Å². The fourth-order valence-electron chi connectivity index (χ4n) is 1.39. The summed E-state index contributed by atoms with van der Waals surface area (Å²) in [6.45, 7) is 1.49. The molecule has 0 aliphatic carbocycles. The number of carbonyl (C=O) groups is 1. The minimum Gasteiger partial charge on any atom is -0.479 e. The molecule has 0 radical (unpaired) electrons. The van der Waals surface area contributed by atoms with Gasteiger partial charge in [-0.3, -0.25) is 0 Å². The van der Waals surface area contributed by atoms with Crippen molar-refractivity contribution in [3.8, 4) is 0 Å². The molecule has 1 aromatic carbocycles. The highest BCUT2D eigenvalue weighted by Gasteiger charge is 2.22. The van der Waals surface area contributed by atoms with E-state index in [1.165, 1.54) is 0 Å². The van der Waals surface area contributed by atoms with Crippen LogP contribution < -0.4 is 0 Å². The van der Waals surface area contributed by atoms with Crippen molar-refractivity contribution in [2.24, 2.45) is 0 Å². The van der Waals surface area contributed by atoms with Gasteiger partial charge in [0, 0.05) is 9.37 Å². The average molecular weight is 319 g/mol. The van der Waals surface area contributed by atoms with E-state index in [0.717, 1.165) is 22.6 Å². The lowest BCUT2D eigenvalue weighted by Gasteiger charge is -2.25. The molecular weight excluding hydrogens is 308 g/mol. The largest absolute Gasteiger partial charge is 0.479 e. The molecule has 2 N–H and O–H groups in total. The lowest BCUT2D eigenvalue weighted by molar-refractivity contribution is -0.146. The van der Waals surface area contributed by atoms with Gasteiger partial charge in [0.15, 0.2) is 6.10 Å². The Balaban J connectivity index is 2.13. The summed E-state index contributed by atoms with van der Waals surface area (Å²) in [5.74, 6) is -1.25. The molecule has 0 aromatic heterocycles. The molecule has 1 saturated heterocycles. The van der Waals surface area contributed by atoms with Crippen molar-refractivity contribution < 1.29 is 19.7 Å². The van der Waals surface area contributed by atoms with Crippen molar-refractivity contribution in [1.82, 2.24) is 0 Å². The van der Waals surface area contributed by atoms with Gasteiger partial charge < -0.3 is 14.9 Å². The van der Waals surface area contributed by atoms with E-state index >= 15 is 0 Å². The van der Waals surface area contributed by atoms with Crippen molar-refractivity contribution in [3.63, 3.8) is 0 Å². The third kappa shape index (κ3) is 3.01. The molecule has 0 spiro atoms. The van der Waals surface area contributed by atoms with E-state index in [9.17, 15) is 9.90 Å². The fourth-order valence-corrected chi connectivity index (χ4v) is 3.07. The Hall–Kier alpha value is -0.560. The van der Waals surface area contributed by atoms with Gasteiger partial charge >= 0.3 is 5.97 Å². The molecule has 4 nitrogen and oxygen atoms in total. The quantitative estimate of drug-likeness (QED) is 0.889. The molecule has 2 rings (SSSR count). The number of hydrogen-bond donors (Lipinski definition) is 2. The molecule has 1 unspecified atom stereocenters. The summed E-state index contributed by atoms with van der Waals surface area (Å²) in [5, 5.41) is 18.6. The molecule has 1 aromatic rings. The standard InChI is InChI=1S/C11H11BrO4S/c12-8-3-6(10(13)11(14)15)1-2-9(8)17-7-4-16-5-7/h1-3,7,10,13H,4-5H2,(H,14,15). The number of carboxylic acids is 1. The van der Waals surface area contributed by atoms with Crippen LogP contribution >= 0.6 is 27.7 Å². The van der Waals surface area contributed by atoms with Crippen LogP contribution in [0.2, 0.25) is 0 Å². The number of benzene rings is 1. The molecule has 0 amide bonds. The molecule has 92 valence electrons. The van der Waals surface area contributed by atoms with E-state index in [4.69, 9.17) is 9.84 Å². The maximum absolute atomic E-state index is 10.6. The first-order valence-electron chi connectivity index (χ1n) is 5.02. The van der Waals surface area contributed by atoms with Crippen molar-refractivity contribution in [2.45, 2.75) is 16.2 Å². The van der Waals surface area contributed by atoms with Gasteiger partial charge in [0.25, 0.3) is 0 Å². The zero-order valence-electron chi connectivity index (χ0n) is 8.80. The highest BCUT2D eigenvalue weighted by molar-refractivity contribution is 9.10. The van der Waals surface area contributed by atoms with Crippen LogP contribution in [-0.2, 0) is 9.53 Å². The third-order valence-electron chi connectivity index (χ3n) is 2.41. The first-order valence-corrected chi connectivity index (χ1v) is 6.70. The molecule has 1 heterocycles. The molecule has 17 heavy (non-hydrogen) atoms. The summed E-state index contributed by atoms with van der Waals surface area (Å²) in [6, 6.07) is 5.08. The lowest BCUT2D eigenvalue weighted by atomic mass is 10.1. The number of aliphatic hydroxyl groups is 1.